The standard InChI is InChI=1S/C27H36N12O9S/c1-27(2)18(34-15-20(37-27)35-26(29)36-22(15)42)23(43)30-4-6-38-5-3-11(7-12(38)25(44)45)49(46,47)8-13-16(40)17(41)24(48-13)39-10-33-14-19(28)31-9-32-21(14)39/h9-13,16-17,24,40-41H,3-8H2,1-2H3,(H,30,43)(H,44,45)(H2,28,31,32)(H4,29,35,36,37,42). The molecule has 0 spiro atoms. The first-order valence-corrected chi connectivity index (χ1v) is 17.0. The number of aromatic amines is 1. The Labute approximate surface area is 277 Å². The fourth-order valence-electron chi connectivity index (χ4n) is 6.36. The monoisotopic (exact) mass is 704 g/mol. The van der Waals surface area contributed by atoms with Crippen molar-refractivity contribution in [1.82, 2.24) is 39.7 Å². The van der Waals surface area contributed by atoms with E-state index in [0.29, 0.717) is 0 Å². The number of carboxylic acids is 1. The molecule has 0 aromatic carbocycles. The number of imidazole rings is 1. The summed E-state index contributed by atoms with van der Waals surface area (Å²) in [7, 11) is -4.04. The normalized spacial score (nSPS) is 26.9. The minimum atomic E-state index is -4.04. The number of likely N-dealkylation sites (tertiary alicyclic amines) is 1. The molecule has 0 bridgehead atoms. The van der Waals surface area contributed by atoms with Gasteiger partial charge in [-0.15, -0.1) is 0 Å². The molecule has 6 unspecified atom stereocenters. The number of nitrogens with one attached hydrogen (secondary N) is 3. The Kier molecular flexibility index (Phi) is 8.77. The van der Waals surface area contributed by atoms with Crippen molar-refractivity contribution in [1.29, 1.82) is 0 Å². The Balaban J connectivity index is 1.08. The second kappa shape index (κ2) is 12.6. The maximum absolute atomic E-state index is 13.5. The third kappa shape index (κ3) is 6.39. The highest BCUT2D eigenvalue weighted by molar-refractivity contribution is 7.92. The molecular formula is C27H36N12O9S. The van der Waals surface area contributed by atoms with E-state index in [9.17, 15) is 38.1 Å². The fourth-order valence-corrected chi connectivity index (χ4v) is 8.31. The maximum atomic E-state index is 13.5. The molecule has 1 amide bonds. The second-order valence-electron chi connectivity index (χ2n) is 12.6. The van der Waals surface area contributed by atoms with Crippen LogP contribution in [0.4, 0.5) is 23.3 Å². The Morgan fingerprint density at radius 1 is 1.18 bits per heavy atom. The van der Waals surface area contributed by atoms with Gasteiger partial charge in [-0.1, -0.05) is 0 Å². The van der Waals surface area contributed by atoms with Crippen LogP contribution in [0.3, 0.4) is 0 Å². The molecule has 6 rings (SSSR count). The number of nitrogen functional groups attached to an aromatic ring is 2. The number of aromatic nitrogens is 6. The van der Waals surface area contributed by atoms with Crippen LogP contribution in [-0.2, 0) is 24.2 Å². The Morgan fingerprint density at radius 2 is 1.94 bits per heavy atom. The predicted octanol–water partition coefficient (Wildman–Crippen LogP) is -2.88. The van der Waals surface area contributed by atoms with Crippen molar-refractivity contribution in [3.8, 4) is 0 Å². The van der Waals surface area contributed by atoms with E-state index in [0.717, 1.165) is 0 Å². The lowest BCUT2D eigenvalue weighted by Gasteiger charge is -2.37. The van der Waals surface area contributed by atoms with Crippen molar-refractivity contribution in [3.05, 3.63) is 23.0 Å². The number of aliphatic hydroxyl groups is 2. The summed E-state index contributed by atoms with van der Waals surface area (Å²) >= 11 is 0. The molecule has 6 atom stereocenters. The number of ether oxygens (including phenoxy) is 1. The van der Waals surface area contributed by atoms with Crippen LogP contribution in [-0.4, -0.2) is 136 Å². The quantitative estimate of drug-likeness (QED) is 0.111. The summed E-state index contributed by atoms with van der Waals surface area (Å²) in [5.74, 6) is -2.40. The van der Waals surface area contributed by atoms with E-state index in [4.69, 9.17) is 16.2 Å². The van der Waals surface area contributed by atoms with E-state index in [1.54, 1.807) is 18.7 Å². The highest BCUT2D eigenvalue weighted by Crippen LogP contribution is 2.34. The zero-order chi connectivity index (χ0) is 35.4. The van der Waals surface area contributed by atoms with Crippen LogP contribution < -0.4 is 27.7 Å². The molecule has 49 heavy (non-hydrogen) atoms. The molecule has 3 aromatic rings. The van der Waals surface area contributed by atoms with E-state index in [-0.39, 0.29) is 72.6 Å². The topological polar surface area (TPSA) is 319 Å². The number of aliphatic imine (C=N–C) groups is 1. The molecule has 3 aromatic heterocycles. The van der Waals surface area contributed by atoms with E-state index in [2.05, 4.69) is 40.5 Å². The number of amides is 1. The van der Waals surface area contributed by atoms with Crippen molar-refractivity contribution in [2.45, 2.75) is 68.1 Å². The summed E-state index contributed by atoms with van der Waals surface area (Å²) in [6.45, 7) is 3.50. The number of carboxylic acid groups (broad SMARTS) is 1. The second-order valence-corrected chi connectivity index (χ2v) is 14.9. The largest absolute Gasteiger partial charge is 0.480 e. The number of H-pyrrole nitrogens is 1. The van der Waals surface area contributed by atoms with Gasteiger partial charge in [0.1, 0.15) is 41.9 Å². The molecule has 264 valence electrons. The van der Waals surface area contributed by atoms with E-state index >= 15 is 0 Å². The van der Waals surface area contributed by atoms with Crippen molar-refractivity contribution in [2.24, 2.45) is 4.99 Å². The summed E-state index contributed by atoms with van der Waals surface area (Å²) < 4.78 is 34.2. The molecule has 0 aliphatic carbocycles. The van der Waals surface area contributed by atoms with E-state index in [1.165, 1.54) is 17.2 Å². The molecule has 3 aliphatic rings. The number of rotatable bonds is 9. The number of carbonyl (C=O) groups is 2. The number of nitrogens with two attached hydrogens (primary N) is 2. The first-order chi connectivity index (χ1) is 23.1. The summed E-state index contributed by atoms with van der Waals surface area (Å²) in [5, 5.41) is 36.1. The highest BCUT2D eigenvalue weighted by Gasteiger charge is 2.48. The number of sulfone groups is 1. The van der Waals surface area contributed by atoms with Gasteiger partial charge in [-0.25, -0.2) is 28.4 Å². The van der Waals surface area contributed by atoms with Crippen molar-refractivity contribution >= 4 is 61.9 Å². The van der Waals surface area contributed by atoms with Crippen molar-refractivity contribution in [3.63, 3.8) is 0 Å². The van der Waals surface area contributed by atoms with Crippen molar-refractivity contribution in [2.75, 3.05) is 42.2 Å². The van der Waals surface area contributed by atoms with Crippen LogP contribution in [0.5, 0.6) is 0 Å². The molecular weight excluding hydrogens is 668 g/mol. The Hall–Kier alpha value is -4.77. The molecule has 22 heteroatoms. The zero-order valence-corrected chi connectivity index (χ0v) is 27.2. The fraction of sp³-hybridized carbons (Fsp3) is 0.556. The SMILES string of the molecule is CC1(C)Nc2nc(N)[nH]c(=O)c2N=C1C(=O)NCCN1CCC(S(=O)(=O)CC2OC(n3cnc4c(N)ncnc43)C(O)C2O)CC1C(=O)O. The molecule has 2 fully saturated rings. The van der Waals surface area contributed by atoms with Gasteiger partial charge in [-0.3, -0.25) is 28.8 Å². The summed E-state index contributed by atoms with van der Waals surface area (Å²) in [5.41, 5.74) is 10.1. The van der Waals surface area contributed by atoms with Crippen LogP contribution in [0.15, 0.2) is 22.4 Å². The third-order valence-corrected chi connectivity index (χ3v) is 11.1. The van der Waals surface area contributed by atoms with Crippen LogP contribution in [0.25, 0.3) is 11.2 Å². The van der Waals surface area contributed by atoms with E-state index in [1.807, 2.05) is 0 Å². The molecule has 6 heterocycles. The molecule has 2 saturated heterocycles. The smallest absolute Gasteiger partial charge is 0.320 e. The minimum Gasteiger partial charge on any atom is -0.480 e. The number of aliphatic carboxylic acids is 1. The van der Waals surface area contributed by atoms with Gasteiger partial charge in [0.25, 0.3) is 11.5 Å². The Bertz CT molecular complexity index is 2000. The lowest BCUT2D eigenvalue weighted by molar-refractivity contribution is -0.144. The minimum absolute atomic E-state index is 0.000777. The third-order valence-electron chi connectivity index (χ3n) is 8.91. The molecule has 21 nitrogen and oxygen atoms in total. The van der Waals surface area contributed by atoms with Crippen LogP contribution in [0.1, 0.15) is 32.9 Å². The lowest BCUT2D eigenvalue weighted by Crippen LogP contribution is -2.54. The number of hydrogen-bond acceptors (Lipinski definition) is 17. The zero-order valence-electron chi connectivity index (χ0n) is 26.3. The first-order valence-electron chi connectivity index (χ1n) is 15.3. The van der Waals surface area contributed by atoms with E-state index < -0.39 is 74.4 Å². The van der Waals surface area contributed by atoms with Gasteiger partial charge < -0.3 is 42.2 Å². The first kappa shape index (κ1) is 34.1. The van der Waals surface area contributed by atoms with Gasteiger partial charge in [0.15, 0.2) is 39.0 Å². The molecule has 10 N–H and O–H groups in total. The average molecular weight is 705 g/mol. The van der Waals surface area contributed by atoms with Gasteiger partial charge >= 0.3 is 5.97 Å². The summed E-state index contributed by atoms with van der Waals surface area (Å²) in [4.78, 5) is 61.9. The van der Waals surface area contributed by atoms with Gasteiger partial charge in [0.05, 0.1) is 22.9 Å². The van der Waals surface area contributed by atoms with Crippen LogP contribution in [0, 0.1) is 0 Å². The molecule has 3 aliphatic heterocycles. The molecule has 0 saturated carbocycles. The van der Waals surface area contributed by atoms with Crippen molar-refractivity contribution < 1.29 is 38.1 Å². The number of anilines is 3. The van der Waals surface area contributed by atoms with Crippen LogP contribution >= 0.6 is 0 Å². The number of hydrogen-bond donors (Lipinski definition) is 8. The van der Waals surface area contributed by atoms with Crippen LogP contribution in [0.2, 0.25) is 0 Å². The summed E-state index contributed by atoms with van der Waals surface area (Å²) in [6, 6.07) is -1.19. The number of aliphatic hydroxyl groups excluding tert-OH is 2. The predicted molar refractivity (Wildman–Crippen MR) is 173 cm³/mol. The number of piperidine rings is 1. The summed E-state index contributed by atoms with van der Waals surface area (Å²) in [6.07, 6.45) is -3.33. The van der Waals surface area contributed by atoms with Gasteiger partial charge in [0.2, 0.25) is 5.95 Å². The van der Waals surface area contributed by atoms with Gasteiger partial charge in [-0.05, 0) is 26.7 Å². The lowest BCUT2D eigenvalue weighted by atomic mass is 9.95. The highest BCUT2D eigenvalue weighted by atomic mass is 32.2. The van der Waals surface area contributed by atoms with Gasteiger partial charge in [-0.2, -0.15) is 4.98 Å². The number of fused-ring (bicyclic) bond motifs is 2. The molecule has 0 radical (unpaired) electrons. The number of carbonyl (C=O) groups excluding carboxylic acids is 1. The van der Waals surface area contributed by atoms with Gasteiger partial charge in [0, 0.05) is 19.6 Å². The Morgan fingerprint density at radius 3 is 2.67 bits per heavy atom. The average Bonchev–Trinajstić information content (AvgIpc) is 3.57. The number of nitrogens with zero attached hydrogens (tertiary/aromatic N) is 7. The maximum Gasteiger partial charge on any atom is 0.320 e.